The van der Waals surface area contributed by atoms with Crippen molar-refractivity contribution in [1.82, 2.24) is 14.9 Å². The molecule has 1 aromatic heterocycles. The third-order valence-corrected chi connectivity index (χ3v) is 4.38. The topological polar surface area (TPSA) is 84.1 Å². The van der Waals surface area contributed by atoms with E-state index in [1.165, 1.54) is 5.56 Å². The molecule has 0 fully saturated rings. The van der Waals surface area contributed by atoms with Crippen molar-refractivity contribution < 1.29 is 4.79 Å². The maximum Gasteiger partial charge on any atom is 0.246 e. The van der Waals surface area contributed by atoms with Crippen molar-refractivity contribution in [3.63, 3.8) is 0 Å². The summed E-state index contributed by atoms with van der Waals surface area (Å²) in [4.78, 5) is 23.3. The Labute approximate surface area is 148 Å². The highest BCUT2D eigenvalue weighted by Gasteiger charge is 2.23. The van der Waals surface area contributed by atoms with Crippen molar-refractivity contribution in [2.75, 3.05) is 18.4 Å². The number of hydrogen-bond donors (Lipinski definition) is 2. The molecule has 1 aliphatic rings. The average molecular weight is 339 g/mol. The number of carbonyl (C=O) groups excluding carboxylic acids is 1. The summed E-state index contributed by atoms with van der Waals surface area (Å²) in [7, 11) is 0. The van der Waals surface area contributed by atoms with E-state index in [-0.39, 0.29) is 5.91 Å². The number of aromatic nitrogens is 2. The van der Waals surface area contributed by atoms with Gasteiger partial charge in [-0.05, 0) is 31.4 Å². The Morgan fingerprint density at radius 1 is 1.24 bits per heavy atom. The minimum Gasteiger partial charge on any atom is -0.318 e. The van der Waals surface area contributed by atoms with Crippen LogP contribution in [0.1, 0.15) is 30.7 Å². The molecular weight excluding hydrogens is 314 g/mol. The maximum atomic E-state index is 12.0. The number of rotatable bonds is 4. The molecule has 2 aromatic rings. The average Bonchev–Trinajstić information content (AvgIpc) is 2.77. The third kappa shape index (κ3) is 4.61. The van der Waals surface area contributed by atoms with Crippen LogP contribution in [0.4, 0.5) is 5.95 Å². The molecule has 132 valence electrons. The zero-order chi connectivity index (χ0) is 17.9. The molecule has 3 rings (SSSR count). The van der Waals surface area contributed by atoms with Gasteiger partial charge < -0.3 is 5.73 Å². The summed E-state index contributed by atoms with van der Waals surface area (Å²) in [5.41, 5.74) is 8.33. The highest BCUT2D eigenvalue weighted by molar-refractivity contribution is 5.95. The molecule has 0 atom stereocenters. The predicted octanol–water partition coefficient (Wildman–Crippen LogP) is 1.75. The number of benzene rings is 1. The molecule has 0 bridgehead atoms. The fourth-order valence-electron chi connectivity index (χ4n) is 2.84. The second-order valence-electron chi connectivity index (χ2n) is 7.10. The lowest BCUT2D eigenvalue weighted by Crippen LogP contribution is -2.45. The molecule has 6 heteroatoms. The number of nitrogens with two attached hydrogens (primary N) is 1. The highest BCUT2D eigenvalue weighted by atomic mass is 16.2. The van der Waals surface area contributed by atoms with Crippen LogP contribution in [-0.4, -0.2) is 39.4 Å². The zero-order valence-corrected chi connectivity index (χ0v) is 14.8. The molecule has 1 aliphatic heterocycles. The summed E-state index contributed by atoms with van der Waals surface area (Å²) >= 11 is 0. The van der Waals surface area contributed by atoms with Gasteiger partial charge in [-0.1, -0.05) is 30.3 Å². The second-order valence-corrected chi connectivity index (χ2v) is 7.10. The highest BCUT2D eigenvalue weighted by Crippen LogP contribution is 2.17. The fraction of sp³-hybridized carbons (Fsp3) is 0.421. The van der Waals surface area contributed by atoms with Crippen LogP contribution in [0.5, 0.6) is 0 Å². The van der Waals surface area contributed by atoms with Gasteiger partial charge in [0.1, 0.15) is 0 Å². The fourth-order valence-corrected chi connectivity index (χ4v) is 2.84. The molecule has 1 amide bonds. The lowest BCUT2D eigenvalue weighted by molar-refractivity contribution is -0.120. The molecule has 0 spiro atoms. The number of fused-ring (bicyclic) bond motifs is 1. The molecule has 0 unspecified atom stereocenters. The van der Waals surface area contributed by atoms with Gasteiger partial charge in [0.2, 0.25) is 11.9 Å². The standard InChI is InChI=1S/C19H25N5O/c1-19(2,20)17(25)23-18-21-12-15-8-10-24(11-9-16(15)22-18)13-14-6-4-3-5-7-14/h3-7,12H,8-11,13,20H2,1-2H3,(H,21,22,23,25). The number of hydrogen-bond acceptors (Lipinski definition) is 5. The van der Waals surface area contributed by atoms with E-state index < -0.39 is 5.54 Å². The van der Waals surface area contributed by atoms with E-state index in [4.69, 9.17) is 5.73 Å². The Bertz CT molecular complexity index is 739. The van der Waals surface area contributed by atoms with Crippen molar-refractivity contribution >= 4 is 11.9 Å². The van der Waals surface area contributed by atoms with E-state index in [9.17, 15) is 4.79 Å². The predicted molar refractivity (Wildman–Crippen MR) is 98.1 cm³/mol. The minimum atomic E-state index is -0.956. The van der Waals surface area contributed by atoms with Gasteiger partial charge in [-0.25, -0.2) is 9.97 Å². The molecule has 0 aliphatic carbocycles. The van der Waals surface area contributed by atoms with Crippen molar-refractivity contribution in [2.24, 2.45) is 5.73 Å². The molecule has 6 nitrogen and oxygen atoms in total. The van der Waals surface area contributed by atoms with Gasteiger partial charge in [-0.15, -0.1) is 0 Å². The first-order chi connectivity index (χ1) is 11.9. The van der Waals surface area contributed by atoms with Crippen molar-refractivity contribution in [3.8, 4) is 0 Å². The molecule has 25 heavy (non-hydrogen) atoms. The Morgan fingerprint density at radius 2 is 1.96 bits per heavy atom. The molecular formula is C19H25N5O. The van der Waals surface area contributed by atoms with Crippen molar-refractivity contribution in [2.45, 2.75) is 38.8 Å². The van der Waals surface area contributed by atoms with Gasteiger partial charge in [0, 0.05) is 32.3 Å². The van der Waals surface area contributed by atoms with Gasteiger partial charge in [-0.3, -0.25) is 15.0 Å². The number of nitrogens with zero attached hydrogens (tertiary/aromatic N) is 3. The van der Waals surface area contributed by atoms with Crippen LogP contribution < -0.4 is 11.1 Å². The Hall–Kier alpha value is -2.31. The molecule has 0 saturated carbocycles. The van der Waals surface area contributed by atoms with E-state index in [0.717, 1.165) is 43.7 Å². The van der Waals surface area contributed by atoms with Crippen LogP contribution in [0.3, 0.4) is 0 Å². The van der Waals surface area contributed by atoms with Gasteiger partial charge >= 0.3 is 0 Å². The Balaban J connectivity index is 1.66. The number of carbonyl (C=O) groups is 1. The smallest absolute Gasteiger partial charge is 0.246 e. The van der Waals surface area contributed by atoms with Crippen LogP contribution >= 0.6 is 0 Å². The molecule has 0 saturated heterocycles. The summed E-state index contributed by atoms with van der Waals surface area (Å²) in [6, 6.07) is 10.5. The van der Waals surface area contributed by atoms with E-state index in [2.05, 4.69) is 44.5 Å². The Morgan fingerprint density at radius 3 is 2.68 bits per heavy atom. The minimum absolute atomic E-state index is 0.285. The van der Waals surface area contributed by atoms with E-state index in [1.54, 1.807) is 13.8 Å². The van der Waals surface area contributed by atoms with Gasteiger partial charge in [-0.2, -0.15) is 0 Å². The van der Waals surface area contributed by atoms with Crippen molar-refractivity contribution in [1.29, 1.82) is 0 Å². The molecule has 0 radical (unpaired) electrons. The molecule has 1 aromatic carbocycles. The normalized spacial score (nSPS) is 15.3. The third-order valence-electron chi connectivity index (χ3n) is 4.38. The van der Waals surface area contributed by atoms with Crippen LogP contribution in [0.15, 0.2) is 36.5 Å². The van der Waals surface area contributed by atoms with Gasteiger partial charge in [0.15, 0.2) is 0 Å². The summed E-state index contributed by atoms with van der Waals surface area (Å²) in [5.74, 6) is 0.0468. The number of nitrogens with one attached hydrogen (secondary N) is 1. The van der Waals surface area contributed by atoms with Crippen LogP contribution in [0, 0.1) is 0 Å². The van der Waals surface area contributed by atoms with Crippen LogP contribution in [0.2, 0.25) is 0 Å². The summed E-state index contributed by atoms with van der Waals surface area (Å²) in [6.45, 7) is 6.18. The van der Waals surface area contributed by atoms with Crippen molar-refractivity contribution in [3.05, 3.63) is 53.3 Å². The van der Waals surface area contributed by atoms with Gasteiger partial charge in [0.05, 0.1) is 11.2 Å². The molecule has 2 heterocycles. The first kappa shape index (κ1) is 17.5. The summed E-state index contributed by atoms with van der Waals surface area (Å²) in [5, 5.41) is 2.70. The van der Waals surface area contributed by atoms with Crippen LogP contribution in [0.25, 0.3) is 0 Å². The SMILES string of the molecule is CC(C)(N)C(=O)Nc1ncc2c(n1)CCN(Cc1ccccc1)CC2. The Kier molecular flexibility index (Phi) is 5.11. The first-order valence-electron chi connectivity index (χ1n) is 8.63. The maximum absolute atomic E-state index is 12.0. The first-order valence-corrected chi connectivity index (χ1v) is 8.63. The quantitative estimate of drug-likeness (QED) is 0.887. The van der Waals surface area contributed by atoms with E-state index in [1.807, 2.05) is 12.3 Å². The molecule has 3 N–H and O–H groups in total. The lowest BCUT2D eigenvalue weighted by atomic mass is 10.1. The lowest BCUT2D eigenvalue weighted by Gasteiger charge is -2.19. The summed E-state index contributed by atoms with van der Waals surface area (Å²) < 4.78 is 0. The zero-order valence-electron chi connectivity index (χ0n) is 14.8. The second kappa shape index (κ2) is 7.29. The number of amides is 1. The monoisotopic (exact) mass is 339 g/mol. The largest absolute Gasteiger partial charge is 0.318 e. The number of anilines is 1. The van der Waals surface area contributed by atoms with Crippen LogP contribution in [-0.2, 0) is 24.2 Å². The van der Waals surface area contributed by atoms with Gasteiger partial charge in [0.25, 0.3) is 0 Å². The van der Waals surface area contributed by atoms with E-state index >= 15 is 0 Å². The van der Waals surface area contributed by atoms with E-state index in [0.29, 0.717) is 5.95 Å². The summed E-state index contributed by atoms with van der Waals surface area (Å²) in [6.07, 6.45) is 3.59.